The largest absolute Gasteiger partial charge is 0.465 e. The van der Waals surface area contributed by atoms with Crippen LogP contribution in [-0.4, -0.2) is 38.5 Å². The van der Waals surface area contributed by atoms with E-state index >= 15 is 0 Å². The predicted molar refractivity (Wildman–Crippen MR) is 87.7 cm³/mol. The van der Waals surface area contributed by atoms with Gasteiger partial charge in [0.1, 0.15) is 5.83 Å². The summed E-state index contributed by atoms with van der Waals surface area (Å²) in [6.07, 6.45) is -1.44. The van der Waals surface area contributed by atoms with E-state index in [9.17, 15) is 22.8 Å². The van der Waals surface area contributed by atoms with Crippen LogP contribution in [0.3, 0.4) is 0 Å². The summed E-state index contributed by atoms with van der Waals surface area (Å²) < 4.78 is 42.5. The van der Waals surface area contributed by atoms with Gasteiger partial charge in [0.25, 0.3) is 0 Å². The van der Waals surface area contributed by atoms with Gasteiger partial charge in [0, 0.05) is 25.1 Å². The Balaban J connectivity index is 2.20. The van der Waals surface area contributed by atoms with Crippen LogP contribution in [0.15, 0.2) is 30.1 Å². The van der Waals surface area contributed by atoms with Crippen molar-refractivity contribution in [2.75, 3.05) is 30.4 Å². The standard InChI is InChI=1S/C17H19F3N2O3/c1-25-17(24)13-9-12(22-8-2-3-11(18)10-22)4-5-14(13)21-16(23)7-6-15(19)20/h3-5,9,15H,2,6-8,10H2,1H3,(H,21,23). The molecule has 1 aliphatic heterocycles. The second-order valence-electron chi connectivity index (χ2n) is 5.56. The van der Waals surface area contributed by atoms with Crippen LogP contribution in [0.2, 0.25) is 0 Å². The lowest BCUT2D eigenvalue weighted by atomic mass is 10.1. The molecule has 5 nitrogen and oxygen atoms in total. The summed E-state index contributed by atoms with van der Waals surface area (Å²) in [5.41, 5.74) is 0.859. The van der Waals surface area contributed by atoms with E-state index in [1.165, 1.54) is 25.3 Å². The molecule has 1 amide bonds. The minimum absolute atomic E-state index is 0.0837. The molecule has 0 fully saturated rings. The Morgan fingerprint density at radius 3 is 2.76 bits per heavy atom. The fourth-order valence-electron chi connectivity index (χ4n) is 2.49. The number of halogens is 3. The third kappa shape index (κ3) is 5.23. The molecule has 136 valence electrons. The number of hydrogen-bond acceptors (Lipinski definition) is 4. The highest BCUT2D eigenvalue weighted by molar-refractivity contribution is 6.02. The van der Waals surface area contributed by atoms with Crippen LogP contribution in [0.5, 0.6) is 0 Å². The third-order valence-corrected chi connectivity index (χ3v) is 3.74. The number of methoxy groups -OCH3 is 1. The van der Waals surface area contributed by atoms with Crippen molar-refractivity contribution in [1.82, 2.24) is 0 Å². The van der Waals surface area contributed by atoms with E-state index in [0.717, 1.165) is 0 Å². The number of benzene rings is 1. The van der Waals surface area contributed by atoms with Crippen LogP contribution in [0.25, 0.3) is 0 Å². The van der Waals surface area contributed by atoms with Crippen molar-refractivity contribution in [3.63, 3.8) is 0 Å². The molecular weight excluding hydrogens is 337 g/mol. The first-order valence-electron chi connectivity index (χ1n) is 7.80. The molecule has 8 heteroatoms. The van der Waals surface area contributed by atoms with Gasteiger partial charge in [-0.15, -0.1) is 0 Å². The zero-order chi connectivity index (χ0) is 18.4. The van der Waals surface area contributed by atoms with Crippen LogP contribution in [0, 0.1) is 0 Å². The van der Waals surface area contributed by atoms with Crippen molar-refractivity contribution in [2.45, 2.75) is 25.7 Å². The number of alkyl halides is 2. The molecule has 0 aromatic heterocycles. The van der Waals surface area contributed by atoms with Crippen molar-refractivity contribution >= 4 is 23.3 Å². The lowest BCUT2D eigenvalue weighted by Gasteiger charge is -2.27. The van der Waals surface area contributed by atoms with Gasteiger partial charge in [-0.05, 0) is 30.7 Å². The molecule has 0 radical (unpaired) electrons. The smallest absolute Gasteiger partial charge is 0.340 e. The van der Waals surface area contributed by atoms with Gasteiger partial charge in [0.2, 0.25) is 12.3 Å². The van der Waals surface area contributed by atoms with Crippen LogP contribution in [0.4, 0.5) is 24.5 Å². The summed E-state index contributed by atoms with van der Waals surface area (Å²) in [5.74, 6) is -1.56. The molecule has 0 atom stereocenters. The number of esters is 1. The zero-order valence-corrected chi connectivity index (χ0v) is 13.7. The average molecular weight is 356 g/mol. The third-order valence-electron chi connectivity index (χ3n) is 3.74. The second-order valence-corrected chi connectivity index (χ2v) is 5.56. The molecule has 1 aromatic carbocycles. The Morgan fingerprint density at radius 1 is 1.36 bits per heavy atom. The Morgan fingerprint density at radius 2 is 2.12 bits per heavy atom. The predicted octanol–water partition coefficient (Wildman–Crippen LogP) is 3.52. The fraction of sp³-hybridized carbons (Fsp3) is 0.412. The Kier molecular flexibility index (Phi) is 6.44. The van der Waals surface area contributed by atoms with E-state index in [4.69, 9.17) is 4.74 Å². The Hall–Kier alpha value is -2.51. The maximum atomic E-state index is 13.5. The first-order valence-corrected chi connectivity index (χ1v) is 7.80. The van der Waals surface area contributed by atoms with Crippen molar-refractivity contribution in [1.29, 1.82) is 0 Å². The number of nitrogens with one attached hydrogen (secondary N) is 1. The minimum Gasteiger partial charge on any atom is -0.465 e. The van der Waals surface area contributed by atoms with Gasteiger partial charge in [-0.3, -0.25) is 4.79 Å². The lowest BCUT2D eigenvalue weighted by Crippen LogP contribution is -2.29. The molecule has 1 N–H and O–H groups in total. The van der Waals surface area contributed by atoms with Crippen molar-refractivity contribution in [2.24, 2.45) is 0 Å². The highest BCUT2D eigenvalue weighted by Crippen LogP contribution is 2.27. The molecule has 1 heterocycles. The van der Waals surface area contributed by atoms with Gasteiger partial charge in [-0.25, -0.2) is 18.0 Å². The molecule has 0 aliphatic carbocycles. The number of ether oxygens (including phenoxy) is 1. The van der Waals surface area contributed by atoms with Gasteiger partial charge in [-0.2, -0.15) is 0 Å². The maximum absolute atomic E-state index is 13.5. The number of carbonyl (C=O) groups excluding carboxylic acids is 2. The summed E-state index contributed by atoms with van der Waals surface area (Å²) in [6, 6.07) is 4.61. The SMILES string of the molecule is COC(=O)c1cc(N2CCC=C(F)C2)ccc1NC(=O)CCC(F)F. The highest BCUT2D eigenvalue weighted by atomic mass is 19.3. The summed E-state index contributed by atoms with van der Waals surface area (Å²) in [7, 11) is 1.20. The molecule has 0 spiro atoms. The zero-order valence-electron chi connectivity index (χ0n) is 13.7. The van der Waals surface area contributed by atoms with Gasteiger partial charge < -0.3 is 15.0 Å². The van der Waals surface area contributed by atoms with Gasteiger partial charge in [0.05, 0.1) is 24.9 Å². The fourth-order valence-corrected chi connectivity index (χ4v) is 2.49. The van der Waals surface area contributed by atoms with E-state index in [-0.39, 0.29) is 30.0 Å². The number of nitrogens with zero attached hydrogens (tertiary/aromatic N) is 1. The number of rotatable bonds is 6. The molecule has 1 aliphatic rings. The van der Waals surface area contributed by atoms with E-state index in [2.05, 4.69) is 5.32 Å². The number of hydrogen-bond donors (Lipinski definition) is 1. The Labute approximate surface area is 143 Å². The number of amides is 1. The average Bonchev–Trinajstić information content (AvgIpc) is 2.59. The Bertz CT molecular complexity index is 677. The summed E-state index contributed by atoms with van der Waals surface area (Å²) >= 11 is 0. The molecule has 1 aromatic rings. The van der Waals surface area contributed by atoms with Crippen LogP contribution in [-0.2, 0) is 9.53 Å². The van der Waals surface area contributed by atoms with Gasteiger partial charge in [0.15, 0.2) is 0 Å². The molecular formula is C17H19F3N2O3. The van der Waals surface area contributed by atoms with E-state index in [0.29, 0.717) is 18.7 Å². The molecule has 0 saturated carbocycles. The van der Waals surface area contributed by atoms with E-state index in [1.54, 1.807) is 11.0 Å². The van der Waals surface area contributed by atoms with Crippen molar-refractivity contribution in [3.05, 3.63) is 35.7 Å². The monoisotopic (exact) mass is 356 g/mol. The summed E-state index contributed by atoms with van der Waals surface area (Å²) in [5, 5.41) is 2.44. The summed E-state index contributed by atoms with van der Waals surface area (Å²) in [4.78, 5) is 25.5. The van der Waals surface area contributed by atoms with Crippen LogP contribution < -0.4 is 10.2 Å². The second kappa shape index (κ2) is 8.55. The number of anilines is 2. The topological polar surface area (TPSA) is 58.6 Å². The van der Waals surface area contributed by atoms with Crippen LogP contribution in [0.1, 0.15) is 29.6 Å². The van der Waals surface area contributed by atoms with E-state index in [1.807, 2.05) is 0 Å². The van der Waals surface area contributed by atoms with Crippen molar-refractivity contribution in [3.8, 4) is 0 Å². The first kappa shape index (κ1) is 18.8. The van der Waals surface area contributed by atoms with E-state index < -0.39 is 24.7 Å². The molecule has 0 bridgehead atoms. The highest BCUT2D eigenvalue weighted by Gasteiger charge is 2.19. The summed E-state index contributed by atoms with van der Waals surface area (Å²) in [6.45, 7) is 0.689. The lowest BCUT2D eigenvalue weighted by molar-refractivity contribution is -0.116. The van der Waals surface area contributed by atoms with Gasteiger partial charge >= 0.3 is 5.97 Å². The molecule has 0 saturated heterocycles. The first-order chi connectivity index (χ1) is 11.9. The van der Waals surface area contributed by atoms with Crippen LogP contribution >= 0.6 is 0 Å². The maximum Gasteiger partial charge on any atom is 0.340 e. The van der Waals surface area contributed by atoms with Crippen molar-refractivity contribution < 1.29 is 27.5 Å². The normalized spacial score (nSPS) is 14.3. The van der Waals surface area contributed by atoms with Gasteiger partial charge in [-0.1, -0.05) is 0 Å². The minimum atomic E-state index is -2.57. The quantitative estimate of drug-likeness (QED) is 0.793. The molecule has 25 heavy (non-hydrogen) atoms. The molecule has 2 rings (SSSR count). The molecule has 0 unspecified atom stereocenters. The number of carbonyl (C=O) groups is 2.